The van der Waals surface area contributed by atoms with Crippen molar-refractivity contribution in [2.75, 3.05) is 17.8 Å². The summed E-state index contributed by atoms with van der Waals surface area (Å²) in [7, 11) is -3.91. The van der Waals surface area contributed by atoms with E-state index in [-0.39, 0.29) is 11.3 Å². The zero-order chi connectivity index (χ0) is 12.9. The van der Waals surface area contributed by atoms with E-state index in [2.05, 4.69) is 10.0 Å². The number of carbonyl (C=O) groups excluding carboxylic acids is 1. The summed E-state index contributed by atoms with van der Waals surface area (Å²) in [6.07, 6.45) is 0. The summed E-state index contributed by atoms with van der Waals surface area (Å²) in [5.74, 6) is -0.415. The molecule has 0 radical (unpaired) electrons. The van der Waals surface area contributed by atoms with Gasteiger partial charge in [0.15, 0.2) is 0 Å². The molecule has 0 aliphatic rings. The fourth-order valence-electron chi connectivity index (χ4n) is 1.20. The molecular weight excluding hydrogens is 244 g/mol. The third-order valence-electron chi connectivity index (χ3n) is 1.85. The molecule has 0 aromatic heterocycles. The second-order valence-corrected chi connectivity index (χ2v) is 4.53. The van der Waals surface area contributed by atoms with Gasteiger partial charge in [-0.3, -0.25) is 9.52 Å². The molecule has 17 heavy (non-hydrogen) atoms. The van der Waals surface area contributed by atoms with Gasteiger partial charge in [0, 0.05) is 13.1 Å². The zero-order valence-electron chi connectivity index (χ0n) is 9.01. The number of rotatable bonds is 5. The van der Waals surface area contributed by atoms with Crippen LogP contribution in [0.15, 0.2) is 24.3 Å². The average molecular weight is 258 g/mol. The zero-order valence-corrected chi connectivity index (χ0v) is 9.83. The van der Waals surface area contributed by atoms with Crippen LogP contribution in [0.2, 0.25) is 0 Å². The molecule has 0 aliphatic heterocycles. The number of hydrogen-bond acceptors (Lipinski definition) is 4. The van der Waals surface area contributed by atoms with Crippen LogP contribution in [0.5, 0.6) is 0 Å². The Morgan fingerprint density at radius 2 is 1.94 bits per heavy atom. The van der Waals surface area contributed by atoms with Crippen molar-refractivity contribution in [2.45, 2.75) is 0 Å². The topological polar surface area (TPSA) is 127 Å². The van der Waals surface area contributed by atoms with E-state index in [1.54, 1.807) is 12.1 Å². The average Bonchev–Trinajstić information content (AvgIpc) is 2.24. The van der Waals surface area contributed by atoms with E-state index in [9.17, 15) is 13.2 Å². The number of benzene rings is 1. The van der Waals surface area contributed by atoms with E-state index in [0.29, 0.717) is 13.1 Å². The van der Waals surface area contributed by atoms with E-state index >= 15 is 0 Å². The lowest BCUT2D eigenvalue weighted by atomic mass is 10.1. The molecule has 1 amide bonds. The van der Waals surface area contributed by atoms with Gasteiger partial charge in [-0.1, -0.05) is 12.1 Å². The number of nitrogens with one attached hydrogen (secondary N) is 2. The molecule has 0 unspecified atom stereocenters. The maximum Gasteiger partial charge on any atom is 0.296 e. The smallest absolute Gasteiger partial charge is 0.296 e. The molecule has 0 aliphatic carbocycles. The third kappa shape index (κ3) is 4.39. The van der Waals surface area contributed by atoms with Crippen LogP contribution in [0.25, 0.3) is 0 Å². The van der Waals surface area contributed by atoms with Gasteiger partial charge in [0.05, 0.1) is 11.3 Å². The van der Waals surface area contributed by atoms with E-state index in [4.69, 9.17) is 10.9 Å². The molecule has 7 nitrogen and oxygen atoms in total. The van der Waals surface area contributed by atoms with E-state index in [1.807, 2.05) is 0 Å². The van der Waals surface area contributed by atoms with Crippen molar-refractivity contribution in [2.24, 2.45) is 10.9 Å². The van der Waals surface area contributed by atoms with Crippen LogP contribution in [-0.2, 0) is 10.2 Å². The fourth-order valence-corrected chi connectivity index (χ4v) is 1.69. The van der Waals surface area contributed by atoms with Gasteiger partial charge in [0.1, 0.15) is 0 Å². The van der Waals surface area contributed by atoms with E-state index < -0.39 is 16.1 Å². The molecule has 0 fully saturated rings. The highest BCUT2D eigenvalue weighted by Gasteiger charge is 2.12. The van der Waals surface area contributed by atoms with Crippen molar-refractivity contribution < 1.29 is 13.2 Å². The number of para-hydroxylation sites is 1. The summed E-state index contributed by atoms with van der Waals surface area (Å²) in [6, 6.07) is 6.14. The van der Waals surface area contributed by atoms with Crippen LogP contribution < -0.4 is 20.9 Å². The maximum absolute atomic E-state index is 11.7. The highest BCUT2D eigenvalue weighted by Crippen LogP contribution is 2.15. The van der Waals surface area contributed by atoms with Gasteiger partial charge < -0.3 is 11.1 Å². The molecule has 0 spiro atoms. The van der Waals surface area contributed by atoms with Gasteiger partial charge >= 0.3 is 0 Å². The molecular formula is C9H14N4O3S. The molecule has 0 atom stereocenters. The highest BCUT2D eigenvalue weighted by atomic mass is 32.2. The summed E-state index contributed by atoms with van der Waals surface area (Å²) >= 11 is 0. The lowest BCUT2D eigenvalue weighted by molar-refractivity contribution is 0.0955. The summed E-state index contributed by atoms with van der Waals surface area (Å²) in [6.45, 7) is 0.610. The minimum Gasteiger partial charge on any atom is -0.351 e. The predicted molar refractivity (Wildman–Crippen MR) is 64.6 cm³/mol. The Bertz CT molecular complexity index is 501. The van der Waals surface area contributed by atoms with Crippen molar-refractivity contribution in [3.05, 3.63) is 29.8 Å². The molecule has 0 bridgehead atoms. The number of carbonyl (C=O) groups is 1. The Balaban J connectivity index is 2.95. The molecule has 6 N–H and O–H groups in total. The lowest BCUT2D eigenvalue weighted by Crippen LogP contribution is -2.30. The molecule has 1 rings (SSSR count). The van der Waals surface area contributed by atoms with Gasteiger partial charge in [-0.05, 0) is 12.1 Å². The Morgan fingerprint density at radius 3 is 2.53 bits per heavy atom. The van der Waals surface area contributed by atoms with Crippen molar-refractivity contribution in [1.29, 1.82) is 0 Å². The van der Waals surface area contributed by atoms with Crippen LogP contribution in [-0.4, -0.2) is 27.4 Å². The number of hydrogen-bond donors (Lipinski definition) is 4. The number of nitrogens with two attached hydrogens (primary N) is 2. The summed E-state index contributed by atoms with van der Waals surface area (Å²) in [4.78, 5) is 11.7. The lowest BCUT2D eigenvalue weighted by Gasteiger charge is -2.10. The first-order valence-corrected chi connectivity index (χ1v) is 6.36. The van der Waals surface area contributed by atoms with Gasteiger partial charge in [-0.25, -0.2) is 5.14 Å². The van der Waals surface area contributed by atoms with Crippen LogP contribution in [0.1, 0.15) is 10.4 Å². The molecule has 0 heterocycles. The number of anilines is 1. The molecule has 0 saturated heterocycles. The van der Waals surface area contributed by atoms with E-state index in [1.165, 1.54) is 12.1 Å². The van der Waals surface area contributed by atoms with Crippen LogP contribution >= 0.6 is 0 Å². The Morgan fingerprint density at radius 1 is 1.29 bits per heavy atom. The van der Waals surface area contributed by atoms with Crippen molar-refractivity contribution in [1.82, 2.24) is 5.32 Å². The summed E-state index contributed by atoms with van der Waals surface area (Å²) < 4.78 is 23.9. The Hall–Kier alpha value is -1.64. The first-order chi connectivity index (χ1) is 7.94. The largest absolute Gasteiger partial charge is 0.351 e. The van der Waals surface area contributed by atoms with Crippen LogP contribution in [0.3, 0.4) is 0 Å². The first kappa shape index (κ1) is 13.4. The third-order valence-corrected chi connectivity index (χ3v) is 2.36. The normalized spacial score (nSPS) is 10.9. The molecule has 8 heteroatoms. The second kappa shape index (κ2) is 5.62. The van der Waals surface area contributed by atoms with Crippen molar-refractivity contribution >= 4 is 21.8 Å². The summed E-state index contributed by atoms with van der Waals surface area (Å²) in [5, 5.41) is 7.38. The van der Waals surface area contributed by atoms with Crippen LogP contribution in [0.4, 0.5) is 5.69 Å². The molecule has 1 aromatic carbocycles. The monoisotopic (exact) mass is 258 g/mol. The number of amides is 1. The Kier molecular flexibility index (Phi) is 4.44. The maximum atomic E-state index is 11.7. The quantitative estimate of drug-likeness (QED) is 0.539. The molecule has 94 valence electrons. The van der Waals surface area contributed by atoms with Gasteiger partial charge in [0.2, 0.25) is 0 Å². The van der Waals surface area contributed by atoms with E-state index in [0.717, 1.165) is 0 Å². The van der Waals surface area contributed by atoms with Gasteiger partial charge in [-0.15, -0.1) is 0 Å². The van der Waals surface area contributed by atoms with Gasteiger partial charge in [0.25, 0.3) is 16.1 Å². The second-order valence-electron chi connectivity index (χ2n) is 3.24. The minimum absolute atomic E-state index is 0.129. The molecule has 1 aromatic rings. The summed E-state index contributed by atoms with van der Waals surface area (Å²) in [5.41, 5.74) is 5.57. The standard InChI is InChI=1S/C9H14N4O3S/c10-5-6-12-9(14)7-3-1-2-4-8(7)13-17(11,15)16/h1-4,13H,5-6,10H2,(H,12,14)(H2,11,15,16). The molecule has 0 saturated carbocycles. The fraction of sp³-hybridized carbons (Fsp3) is 0.222. The van der Waals surface area contributed by atoms with Crippen molar-refractivity contribution in [3.8, 4) is 0 Å². The Labute approximate surface area is 99.4 Å². The van der Waals surface area contributed by atoms with Gasteiger partial charge in [-0.2, -0.15) is 8.42 Å². The first-order valence-electron chi connectivity index (χ1n) is 4.82. The highest BCUT2D eigenvalue weighted by molar-refractivity contribution is 7.90. The minimum atomic E-state index is -3.91. The van der Waals surface area contributed by atoms with Crippen LogP contribution in [0, 0.1) is 0 Å². The van der Waals surface area contributed by atoms with Crippen molar-refractivity contribution in [3.63, 3.8) is 0 Å². The SMILES string of the molecule is NCCNC(=O)c1ccccc1NS(N)(=O)=O. The predicted octanol–water partition coefficient (Wildman–Crippen LogP) is -1.01.